The van der Waals surface area contributed by atoms with Crippen LogP contribution in [-0.2, 0) is 12.8 Å². The number of ether oxygens (including phenoxy) is 10. The lowest BCUT2D eigenvalue weighted by Crippen LogP contribution is -2.22. The van der Waals surface area contributed by atoms with Crippen molar-refractivity contribution in [1.29, 1.82) is 10.5 Å². The molecule has 762 valence electrons. The summed E-state index contributed by atoms with van der Waals surface area (Å²) >= 11 is 0. The smallest absolute Gasteiger partial charge is 0.248 e. The second kappa shape index (κ2) is 52.7. The number of nitrogens with one attached hydrogen (secondary N) is 2. The maximum atomic E-state index is 10.1. The topological polar surface area (TPSA) is 429 Å². The van der Waals surface area contributed by atoms with Gasteiger partial charge in [-0.2, -0.15) is 15.6 Å². The third kappa shape index (κ3) is 27.3. The number of benzene rings is 8. The predicted octanol–water partition coefficient (Wildman–Crippen LogP) is 24.2. The van der Waals surface area contributed by atoms with Crippen LogP contribution in [0.1, 0.15) is 141 Å². The molecule has 2 aliphatic carbocycles. The number of H-pyrrole nitrogens is 1. The molecule has 0 amide bonds. The van der Waals surface area contributed by atoms with Crippen LogP contribution in [0.15, 0.2) is 291 Å². The molecule has 0 spiro atoms. The summed E-state index contributed by atoms with van der Waals surface area (Å²) in [7, 11) is 0. The van der Waals surface area contributed by atoms with Gasteiger partial charge in [-0.05, 0) is 289 Å². The monoisotopic (exact) mass is 2000 g/mol. The van der Waals surface area contributed by atoms with E-state index in [4.69, 9.17) is 74.7 Å². The van der Waals surface area contributed by atoms with Gasteiger partial charge in [0.15, 0.2) is 80.7 Å². The van der Waals surface area contributed by atoms with Crippen molar-refractivity contribution >= 4 is 0 Å². The van der Waals surface area contributed by atoms with Crippen molar-refractivity contribution < 1.29 is 79.8 Å². The molecule has 10 aromatic heterocycles. The van der Waals surface area contributed by atoms with Crippen LogP contribution in [0.4, 0.5) is 0 Å². The Balaban J connectivity index is 0.000000134. The van der Waals surface area contributed by atoms with Gasteiger partial charge in [0, 0.05) is 135 Å². The van der Waals surface area contributed by atoms with Crippen LogP contribution < -0.4 is 52.7 Å². The van der Waals surface area contributed by atoms with E-state index in [0.717, 1.165) is 127 Å². The number of hydrogen-bond acceptors (Lipinski definition) is 32. The van der Waals surface area contributed by atoms with Gasteiger partial charge in [-0.1, -0.05) is 41.6 Å². The first-order chi connectivity index (χ1) is 72.9. The van der Waals surface area contributed by atoms with E-state index in [1.54, 1.807) is 92.4 Å². The highest BCUT2D eigenvalue weighted by Gasteiger charge is 2.29. The summed E-state index contributed by atoms with van der Waals surface area (Å²) in [6.07, 6.45) is 21.9. The molecule has 0 saturated heterocycles. The third-order valence-electron chi connectivity index (χ3n) is 22.9. The second-order valence-electron chi connectivity index (χ2n) is 33.7. The fourth-order valence-corrected chi connectivity index (χ4v) is 16.3. The predicted molar refractivity (Wildman–Crippen MR) is 563 cm³/mol. The molecule has 8 aromatic carbocycles. The van der Waals surface area contributed by atoms with E-state index in [2.05, 4.69) is 95.0 Å². The lowest BCUT2D eigenvalue weighted by atomic mass is 10.0. The van der Waals surface area contributed by atoms with Crippen molar-refractivity contribution in [2.24, 2.45) is 0 Å². The van der Waals surface area contributed by atoms with E-state index in [0.29, 0.717) is 175 Å². The van der Waals surface area contributed by atoms with E-state index >= 15 is 0 Å². The number of nitriles is 2. The van der Waals surface area contributed by atoms with Crippen LogP contribution in [0.3, 0.4) is 0 Å². The van der Waals surface area contributed by atoms with Gasteiger partial charge in [0.1, 0.15) is 29.3 Å². The van der Waals surface area contributed by atoms with Crippen molar-refractivity contribution in [1.82, 2.24) is 70.7 Å². The highest BCUT2D eigenvalue weighted by Crippen LogP contribution is 2.45. The molecular weight excluding hydrogens is 1890 g/mol. The normalized spacial score (nSPS) is 12.4. The Morgan fingerprint density at radius 3 is 1.23 bits per heavy atom. The highest BCUT2D eigenvalue weighted by atomic mass is 16.5. The summed E-state index contributed by atoms with van der Waals surface area (Å²) in [4.78, 5) is 33.7. The Hall–Kier alpha value is -17.7. The van der Waals surface area contributed by atoms with E-state index in [1.807, 2.05) is 247 Å². The Bertz CT molecular complexity index is 6910. The van der Waals surface area contributed by atoms with Crippen molar-refractivity contribution in [2.75, 3.05) is 66.0 Å². The van der Waals surface area contributed by atoms with Crippen molar-refractivity contribution in [3.8, 4) is 206 Å². The van der Waals surface area contributed by atoms with Gasteiger partial charge >= 0.3 is 0 Å². The minimum atomic E-state index is -0.408. The van der Waals surface area contributed by atoms with E-state index in [9.17, 15) is 15.6 Å². The minimum absolute atomic E-state index is 0.00726. The molecular formula is C116H116N16O17. The number of aromatic nitrogens is 13. The maximum Gasteiger partial charge on any atom is 0.248 e. The quantitative estimate of drug-likeness (QED) is 0.0286. The second-order valence-corrected chi connectivity index (χ2v) is 33.7. The van der Waals surface area contributed by atoms with Crippen LogP contribution in [0.5, 0.6) is 57.5 Å². The van der Waals surface area contributed by atoms with Crippen molar-refractivity contribution in [2.45, 2.75) is 133 Å². The van der Waals surface area contributed by atoms with Crippen LogP contribution in [0, 0.1) is 22.7 Å². The number of aromatic amines is 1. The number of pyridine rings is 4. The minimum Gasteiger partial charge on any atom is -0.490 e. The number of oxazole rings is 3. The van der Waals surface area contributed by atoms with Gasteiger partial charge in [-0.15, -0.1) is 10.2 Å². The van der Waals surface area contributed by atoms with Crippen molar-refractivity contribution in [3.05, 3.63) is 302 Å². The Kier molecular flexibility index (Phi) is 37.4. The maximum absolute atomic E-state index is 10.1. The standard InChI is InChI=1S/C24H25N3O3.C22H20N2O3.2C18H18N2O3.C17H18N4O2.C17H17N3O3/c1-15(2)29-22-9-6-16(12-17(22)13-25)24-27-14-23(30-24)20-5-3-4-19-18(20)7-8-21(19)26-10-11-28;1-13(2)26-20-9-6-14(10-15(20)11-23)22-24-12-21(27-22)18-5-3-4-17-16(18)7-8-19(17)25;1-3-21-16-6-5-14(11-18(16)22-4-2)17-12-15(20-23-17)13-7-9-19-10-8-13;1-3-21-15-6-5-14(11-16(15)22-4-2)18-20-12-17(23-18)13-7-9-19-10-8-13;1-3-22-14-6-5-13(11-15(14)23-4-2)17-19-16(20-21-17)12-7-9-18-10-8-12;1-3-21-14-6-5-13(11-15(14)22-4-2)17-20-19-16(23-17)12-7-9-18-10-8-12/h3-6,9,12,14-15,21,26,28H,7-8,10-11H2,1-2H3;3-6,9-10,12-13,19,25H,7-8H2,1-2H3;2*5-12H,3-4H2,1-2H3;5-11H,3-4H2,1-2H3,(H,19,20,21);5-11H,3-4H2,1-2H3. The lowest BCUT2D eigenvalue weighted by Gasteiger charge is -2.13. The van der Waals surface area contributed by atoms with E-state index < -0.39 is 6.10 Å². The number of aliphatic hydroxyl groups excluding tert-OH is 2. The molecule has 0 bridgehead atoms. The summed E-state index contributed by atoms with van der Waals surface area (Å²) in [5.74, 6) is 13.2. The molecule has 0 aliphatic heterocycles. The van der Waals surface area contributed by atoms with Crippen LogP contribution in [0.2, 0.25) is 0 Å². The van der Waals surface area contributed by atoms with Crippen LogP contribution in [0.25, 0.3) is 137 Å². The molecule has 0 fully saturated rings. The van der Waals surface area contributed by atoms with Gasteiger partial charge < -0.3 is 85.1 Å². The average molecular weight is 2010 g/mol. The molecule has 2 unspecified atom stereocenters. The summed E-state index contributed by atoms with van der Waals surface area (Å²) in [5, 5.41) is 61.0. The number of fused-ring (bicyclic) bond motifs is 2. The number of rotatable bonds is 35. The molecule has 4 N–H and O–H groups in total. The number of aliphatic hydroxyl groups is 2. The van der Waals surface area contributed by atoms with Gasteiger partial charge in [0.05, 0.1) is 107 Å². The molecule has 10 heterocycles. The summed E-state index contributed by atoms with van der Waals surface area (Å²) in [6, 6.07) is 67.0. The van der Waals surface area contributed by atoms with Gasteiger partial charge in [0.2, 0.25) is 29.5 Å². The average Bonchev–Trinajstić information content (AvgIpc) is 1.64. The Labute approximate surface area is 863 Å². The number of nitrogens with zero attached hydrogens (tertiary/aromatic N) is 14. The molecule has 0 saturated carbocycles. The fourth-order valence-electron chi connectivity index (χ4n) is 16.3. The SMILES string of the molecule is CC(C)Oc1ccc(-c2ncc(-c3cccc4c3CCC4NCCO)o2)cc1C#N.CC(C)Oc1ccc(-c2ncc(-c3cccc4c3CCC4O)o2)cc1C#N.CCOc1ccc(-c2cc(-c3ccncc3)no2)cc1OCC.CCOc1ccc(-c2n[nH]c(-c3ccncc3)n2)cc1OCC.CCOc1ccc(-c2ncc(-c3ccncc3)o2)cc1OCC.CCOc1ccc(-c2nnc(-c3ccncc3)o2)cc1OCC. The summed E-state index contributed by atoms with van der Waals surface area (Å²) in [5.41, 5.74) is 16.8. The van der Waals surface area contributed by atoms with Crippen molar-refractivity contribution in [3.63, 3.8) is 0 Å². The van der Waals surface area contributed by atoms with E-state index in [-0.39, 0.29) is 24.9 Å². The molecule has 18 aromatic rings. The first kappa shape index (κ1) is 106. The van der Waals surface area contributed by atoms with Crippen LogP contribution >= 0.6 is 0 Å². The zero-order valence-corrected chi connectivity index (χ0v) is 84.9. The molecule has 33 nitrogen and oxygen atoms in total. The fraction of sp³-hybridized carbons (Fsp3) is 0.259. The van der Waals surface area contributed by atoms with Gasteiger partial charge in [-0.3, -0.25) is 25.0 Å². The van der Waals surface area contributed by atoms with Gasteiger partial charge in [-0.25, -0.2) is 19.9 Å². The molecule has 2 atom stereocenters. The molecule has 20 rings (SSSR count). The summed E-state index contributed by atoms with van der Waals surface area (Å²) < 4.78 is 85.3. The van der Waals surface area contributed by atoms with Crippen LogP contribution in [-0.4, -0.2) is 154 Å². The Morgan fingerprint density at radius 1 is 0.383 bits per heavy atom. The summed E-state index contributed by atoms with van der Waals surface area (Å²) in [6.45, 7) is 28.5. The molecule has 149 heavy (non-hydrogen) atoms. The third-order valence-corrected chi connectivity index (χ3v) is 22.9. The first-order valence-electron chi connectivity index (χ1n) is 49.4. The largest absolute Gasteiger partial charge is 0.490 e. The highest BCUT2D eigenvalue weighted by molar-refractivity contribution is 5.74. The molecule has 2 aliphatic rings. The van der Waals surface area contributed by atoms with E-state index in [1.165, 1.54) is 11.1 Å². The molecule has 33 heteroatoms. The molecule has 0 radical (unpaired) electrons. The number of hydrogen-bond donors (Lipinski definition) is 4. The first-order valence-corrected chi connectivity index (χ1v) is 49.4. The zero-order valence-electron chi connectivity index (χ0n) is 84.9. The lowest BCUT2D eigenvalue weighted by molar-refractivity contribution is 0.180. The zero-order chi connectivity index (χ0) is 104. The van der Waals surface area contributed by atoms with Gasteiger partial charge in [0.25, 0.3) is 0 Å². The Morgan fingerprint density at radius 2 is 0.765 bits per heavy atom.